The summed E-state index contributed by atoms with van der Waals surface area (Å²) in [7, 11) is -4.14. The van der Waals surface area contributed by atoms with Gasteiger partial charge in [-0.25, -0.2) is 8.42 Å². The number of halogens is 3. The summed E-state index contributed by atoms with van der Waals surface area (Å²) in [5.74, 6) is -0.296. The first-order chi connectivity index (χ1) is 18.6. The summed E-state index contributed by atoms with van der Waals surface area (Å²) in [5.41, 5.74) is 0.902. The number of nitrogens with zero attached hydrogens (tertiary/aromatic N) is 4. The first-order valence-corrected chi connectivity index (χ1v) is 16.2. The molecule has 0 N–H and O–H groups in total. The Labute approximate surface area is 247 Å². The molecule has 1 saturated carbocycles. The first kappa shape index (κ1) is 27.5. The molecule has 3 atom stereocenters. The van der Waals surface area contributed by atoms with E-state index in [9.17, 15) is 18.0 Å². The van der Waals surface area contributed by atoms with Crippen molar-refractivity contribution in [1.82, 2.24) is 19.0 Å². The fourth-order valence-corrected chi connectivity index (χ4v) is 8.67. The molecule has 2 amide bonds. The SMILES string of the molecule is O=C1C(Cc2ccc(Br)cc2)N2C(=O)C(N3CCCC3)CN(S(=O)(=O)c3ccc(Cl)cc3Cl)C2CN1C1CC1. The van der Waals surface area contributed by atoms with E-state index in [-0.39, 0.29) is 40.9 Å². The highest BCUT2D eigenvalue weighted by molar-refractivity contribution is 9.10. The average Bonchev–Trinajstić information content (AvgIpc) is 3.59. The topological polar surface area (TPSA) is 81.2 Å². The standard InChI is InChI=1S/C27H29BrCl2N4O4S/c28-18-5-3-17(4-6-18)13-22-26(35)32(20-8-9-20)16-25-33(39(37,38)24-10-7-19(29)14-21(24)30)15-23(27(36)34(22)25)31-11-1-2-12-31/h3-7,10,14,20,22-23,25H,1-2,8-9,11-13,15-16H2. The van der Waals surface area contributed by atoms with Crippen molar-refractivity contribution in [3.05, 3.63) is 62.5 Å². The smallest absolute Gasteiger partial charge is 0.246 e. The molecule has 0 radical (unpaired) electrons. The highest BCUT2D eigenvalue weighted by atomic mass is 79.9. The van der Waals surface area contributed by atoms with Crippen molar-refractivity contribution in [2.24, 2.45) is 0 Å². The number of benzene rings is 2. The van der Waals surface area contributed by atoms with E-state index in [1.807, 2.05) is 24.3 Å². The number of carbonyl (C=O) groups is 2. The zero-order chi connectivity index (χ0) is 27.5. The maximum atomic E-state index is 14.3. The minimum Gasteiger partial charge on any atom is -0.334 e. The highest BCUT2D eigenvalue weighted by Crippen LogP contribution is 2.39. The third kappa shape index (κ3) is 5.13. The molecule has 3 aliphatic heterocycles. The van der Waals surface area contributed by atoms with Crippen LogP contribution in [-0.2, 0) is 26.0 Å². The normalized spacial score (nSPS) is 26.8. The van der Waals surface area contributed by atoms with Crippen LogP contribution in [0, 0.1) is 0 Å². The van der Waals surface area contributed by atoms with E-state index < -0.39 is 28.3 Å². The molecule has 6 rings (SSSR count). The fraction of sp³-hybridized carbons (Fsp3) is 0.481. The second-order valence-electron chi connectivity index (χ2n) is 10.7. The molecule has 0 aromatic heterocycles. The largest absolute Gasteiger partial charge is 0.334 e. The van der Waals surface area contributed by atoms with Crippen molar-refractivity contribution < 1.29 is 18.0 Å². The maximum absolute atomic E-state index is 14.3. The number of carbonyl (C=O) groups excluding carboxylic acids is 2. The molecule has 4 aliphatic rings. The summed E-state index contributed by atoms with van der Waals surface area (Å²) in [6.07, 6.45) is 3.12. The van der Waals surface area contributed by atoms with E-state index in [1.165, 1.54) is 22.5 Å². The Kier molecular flexibility index (Phi) is 7.48. The Morgan fingerprint density at radius 3 is 2.26 bits per heavy atom. The molecule has 208 valence electrons. The van der Waals surface area contributed by atoms with Gasteiger partial charge in [-0.2, -0.15) is 4.31 Å². The van der Waals surface area contributed by atoms with Crippen LogP contribution in [0.1, 0.15) is 31.2 Å². The van der Waals surface area contributed by atoms with E-state index in [1.54, 1.807) is 9.80 Å². The average molecular weight is 656 g/mol. The lowest BCUT2D eigenvalue weighted by molar-refractivity contribution is -0.170. The van der Waals surface area contributed by atoms with Gasteiger partial charge in [0.15, 0.2) is 0 Å². The zero-order valence-corrected chi connectivity index (χ0v) is 25.1. The van der Waals surface area contributed by atoms with Gasteiger partial charge in [-0.05, 0) is 74.7 Å². The van der Waals surface area contributed by atoms with Gasteiger partial charge in [-0.1, -0.05) is 51.3 Å². The molecule has 8 nitrogen and oxygen atoms in total. The Morgan fingerprint density at radius 2 is 1.62 bits per heavy atom. The van der Waals surface area contributed by atoms with Crippen molar-refractivity contribution in [3.8, 4) is 0 Å². The Hall–Kier alpha value is -1.69. The molecule has 3 unspecified atom stereocenters. The van der Waals surface area contributed by atoms with Gasteiger partial charge in [0.05, 0.1) is 11.6 Å². The maximum Gasteiger partial charge on any atom is 0.246 e. The second-order valence-corrected chi connectivity index (χ2v) is 14.3. The van der Waals surface area contributed by atoms with Crippen LogP contribution in [-0.4, -0.2) is 89.7 Å². The van der Waals surface area contributed by atoms with Crippen LogP contribution in [0.3, 0.4) is 0 Å². The number of piperazine rings is 1. The first-order valence-electron chi connectivity index (χ1n) is 13.2. The Bertz CT molecular complexity index is 1400. The van der Waals surface area contributed by atoms with E-state index in [0.29, 0.717) is 24.5 Å². The molecule has 2 aromatic rings. The number of hydrogen-bond donors (Lipinski definition) is 0. The van der Waals surface area contributed by atoms with Crippen LogP contribution in [0.5, 0.6) is 0 Å². The third-order valence-electron chi connectivity index (χ3n) is 8.20. The van der Waals surface area contributed by atoms with Crippen LogP contribution in [0.25, 0.3) is 0 Å². The summed E-state index contributed by atoms with van der Waals surface area (Å²) in [5, 5.41) is 0.364. The summed E-state index contributed by atoms with van der Waals surface area (Å²) in [6, 6.07) is 10.6. The number of hydrogen-bond acceptors (Lipinski definition) is 5. The molecule has 3 saturated heterocycles. The highest BCUT2D eigenvalue weighted by Gasteiger charge is 2.56. The van der Waals surface area contributed by atoms with E-state index in [4.69, 9.17) is 23.2 Å². The van der Waals surface area contributed by atoms with Crippen LogP contribution in [0.15, 0.2) is 51.8 Å². The molecule has 39 heavy (non-hydrogen) atoms. The molecule has 1 aliphatic carbocycles. The molecule has 0 bridgehead atoms. The minimum absolute atomic E-state index is 0.0129. The number of likely N-dealkylation sites (tertiary alicyclic amines) is 1. The monoisotopic (exact) mass is 654 g/mol. The van der Waals surface area contributed by atoms with Gasteiger partial charge in [-0.15, -0.1) is 0 Å². The predicted octanol–water partition coefficient (Wildman–Crippen LogP) is 4.00. The van der Waals surface area contributed by atoms with E-state index >= 15 is 0 Å². The van der Waals surface area contributed by atoms with Crippen molar-refractivity contribution >= 4 is 61.0 Å². The van der Waals surface area contributed by atoms with Gasteiger partial charge < -0.3 is 9.80 Å². The van der Waals surface area contributed by atoms with E-state index in [0.717, 1.165) is 35.7 Å². The molecule has 0 spiro atoms. The van der Waals surface area contributed by atoms with Gasteiger partial charge in [0.2, 0.25) is 21.8 Å². The molecule has 3 heterocycles. The molecular formula is C27H29BrCl2N4O4S. The van der Waals surface area contributed by atoms with Crippen molar-refractivity contribution in [1.29, 1.82) is 0 Å². The minimum atomic E-state index is -4.14. The molecular weight excluding hydrogens is 627 g/mol. The van der Waals surface area contributed by atoms with Gasteiger partial charge in [0, 0.05) is 28.5 Å². The van der Waals surface area contributed by atoms with Crippen LogP contribution >= 0.6 is 39.1 Å². The van der Waals surface area contributed by atoms with E-state index in [2.05, 4.69) is 20.8 Å². The number of amides is 2. The lowest BCUT2D eigenvalue weighted by Gasteiger charge is -2.54. The molecule has 2 aromatic carbocycles. The van der Waals surface area contributed by atoms with Crippen molar-refractivity contribution in [2.45, 2.75) is 61.3 Å². The molecule has 12 heteroatoms. The number of rotatable bonds is 6. The van der Waals surface area contributed by atoms with Crippen molar-refractivity contribution in [2.75, 3.05) is 26.2 Å². The fourth-order valence-electron chi connectivity index (χ4n) is 6.08. The Balaban J connectivity index is 1.45. The van der Waals surface area contributed by atoms with Gasteiger partial charge >= 0.3 is 0 Å². The lowest BCUT2D eigenvalue weighted by Crippen LogP contribution is -2.76. The zero-order valence-electron chi connectivity index (χ0n) is 21.2. The second kappa shape index (κ2) is 10.6. The predicted molar refractivity (Wildman–Crippen MR) is 152 cm³/mol. The van der Waals surface area contributed by atoms with Gasteiger partial charge in [-0.3, -0.25) is 14.5 Å². The van der Waals surface area contributed by atoms with Crippen LogP contribution in [0.4, 0.5) is 0 Å². The van der Waals surface area contributed by atoms with Gasteiger partial charge in [0.25, 0.3) is 0 Å². The third-order valence-corrected chi connectivity index (χ3v) is 11.3. The number of sulfonamides is 1. The number of fused-ring (bicyclic) bond motifs is 1. The quantitative estimate of drug-likeness (QED) is 0.470. The van der Waals surface area contributed by atoms with Gasteiger partial charge in [0.1, 0.15) is 23.1 Å². The van der Waals surface area contributed by atoms with Crippen LogP contribution < -0.4 is 0 Å². The van der Waals surface area contributed by atoms with Crippen LogP contribution in [0.2, 0.25) is 10.0 Å². The Morgan fingerprint density at radius 1 is 0.923 bits per heavy atom. The van der Waals surface area contributed by atoms with Crippen molar-refractivity contribution in [3.63, 3.8) is 0 Å². The summed E-state index contributed by atoms with van der Waals surface area (Å²) < 4.78 is 30.8. The summed E-state index contributed by atoms with van der Waals surface area (Å²) >= 11 is 15.9. The summed E-state index contributed by atoms with van der Waals surface area (Å²) in [6.45, 7) is 1.58. The summed E-state index contributed by atoms with van der Waals surface area (Å²) in [4.78, 5) is 33.5. The molecule has 4 fully saturated rings. The lowest BCUT2D eigenvalue weighted by atomic mass is 9.96.